The Balaban J connectivity index is 2.87. The minimum atomic E-state index is -1.16. The number of carboxylic acids is 1. The summed E-state index contributed by atoms with van der Waals surface area (Å²) >= 11 is 0. The number of terminal acetylenes is 1. The third-order valence-corrected chi connectivity index (χ3v) is 1.93. The predicted octanol–water partition coefficient (Wildman–Crippen LogP) is -0.704. The van der Waals surface area contributed by atoms with Gasteiger partial charge < -0.3 is 15.0 Å². The predicted molar refractivity (Wildman–Crippen MR) is 59.5 cm³/mol. The van der Waals surface area contributed by atoms with Gasteiger partial charge in [0.15, 0.2) is 0 Å². The molecule has 0 aliphatic carbocycles. The normalized spacial score (nSPS) is 9.35. The maximum Gasteiger partial charge on any atom is 0.337 e. The first kappa shape index (κ1) is 12.5. The molecule has 88 valence electrons. The highest BCUT2D eigenvalue weighted by Gasteiger charge is 2.07. The smallest absolute Gasteiger partial charge is 0.337 e. The second-order valence-electron chi connectivity index (χ2n) is 3.17. The molecule has 1 amide bonds. The quantitative estimate of drug-likeness (QED) is 0.674. The fourth-order valence-electron chi connectivity index (χ4n) is 1.14. The van der Waals surface area contributed by atoms with Crippen LogP contribution in [0.1, 0.15) is 10.4 Å². The highest BCUT2D eigenvalue weighted by molar-refractivity contribution is 5.87. The molecule has 6 nitrogen and oxygen atoms in total. The van der Waals surface area contributed by atoms with E-state index in [9.17, 15) is 14.4 Å². The Morgan fingerprint density at radius 3 is 2.76 bits per heavy atom. The van der Waals surface area contributed by atoms with E-state index in [4.69, 9.17) is 11.5 Å². The van der Waals surface area contributed by atoms with Gasteiger partial charge in [-0.1, -0.05) is 5.92 Å². The van der Waals surface area contributed by atoms with Crippen LogP contribution in [-0.2, 0) is 11.3 Å². The molecule has 2 N–H and O–H groups in total. The van der Waals surface area contributed by atoms with E-state index in [1.54, 1.807) is 0 Å². The number of hydrogen-bond donors (Lipinski definition) is 2. The monoisotopic (exact) mass is 234 g/mol. The summed E-state index contributed by atoms with van der Waals surface area (Å²) in [7, 11) is 0. The van der Waals surface area contributed by atoms with Gasteiger partial charge in [0.1, 0.15) is 6.54 Å². The number of carboxylic acid groups (broad SMARTS) is 1. The van der Waals surface area contributed by atoms with Crippen molar-refractivity contribution in [3.63, 3.8) is 0 Å². The Morgan fingerprint density at radius 2 is 2.18 bits per heavy atom. The molecule has 0 saturated carbocycles. The van der Waals surface area contributed by atoms with Gasteiger partial charge in [-0.05, 0) is 6.07 Å². The van der Waals surface area contributed by atoms with Crippen LogP contribution in [0.2, 0.25) is 0 Å². The van der Waals surface area contributed by atoms with E-state index in [0.717, 1.165) is 16.8 Å². The van der Waals surface area contributed by atoms with Gasteiger partial charge >= 0.3 is 5.97 Å². The zero-order chi connectivity index (χ0) is 12.8. The van der Waals surface area contributed by atoms with Crippen molar-refractivity contribution in [3.8, 4) is 12.3 Å². The van der Waals surface area contributed by atoms with Gasteiger partial charge in [0.2, 0.25) is 5.91 Å². The van der Waals surface area contributed by atoms with E-state index in [1.807, 2.05) is 0 Å². The first-order valence-electron chi connectivity index (χ1n) is 4.68. The number of rotatable bonds is 4. The van der Waals surface area contributed by atoms with Crippen LogP contribution in [0.3, 0.4) is 0 Å². The Hall–Kier alpha value is -2.55. The molecule has 0 unspecified atom stereocenters. The number of carbonyl (C=O) groups excluding carboxylic acids is 1. The second kappa shape index (κ2) is 5.51. The molecule has 1 aromatic rings. The molecule has 17 heavy (non-hydrogen) atoms. The summed E-state index contributed by atoms with van der Waals surface area (Å²) in [5.41, 5.74) is -0.514. The summed E-state index contributed by atoms with van der Waals surface area (Å²) in [5.74, 6) is 0.600. The van der Waals surface area contributed by atoms with Crippen molar-refractivity contribution in [2.45, 2.75) is 6.54 Å². The summed E-state index contributed by atoms with van der Waals surface area (Å²) in [6.45, 7) is -0.201. The molecule has 1 rings (SSSR count). The SMILES string of the molecule is C#CCNC(=O)Cn1cc(C(=O)O)ccc1=O. The number of hydrogen-bond acceptors (Lipinski definition) is 3. The largest absolute Gasteiger partial charge is 0.478 e. The topological polar surface area (TPSA) is 88.4 Å². The van der Waals surface area contributed by atoms with Crippen molar-refractivity contribution in [2.75, 3.05) is 6.54 Å². The molecule has 0 aliphatic heterocycles. The molecule has 0 radical (unpaired) electrons. The van der Waals surface area contributed by atoms with Crippen LogP contribution in [0.5, 0.6) is 0 Å². The van der Waals surface area contributed by atoms with Crippen molar-refractivity contribution in [1.29, 1.82) is 0 Å². The van der Waals surface area contributed by atoms with Crippen LogP contribution in [0.25, 0.3) is 0 Å². The van der Waals surface area contributed by atoms with Gasteiger partial charge in [0, 0.05) is 12.3 Å². The molecule has 1 heterocycles. The lowest BCUT2D eigenvalue weighted by Crippen LogP contribution is -2.32. The van der Waals surface area contributed by atoms with E-state index in [2.05, 4.69) is 11.2 Å². The minimum Gasteiger partial charge on any atom is -0.478 e. The summed E-state index contributed by atoms with van der Waals surface area (Å²) in [6.07, 6.45) is 6.06. The molecule has 0 aliphatic rings. The van der Waals surface area contributed by atoms with Crippen LogP contribution in [0, 0.1) is 12.3 Å². The number of nitrogens with one attached hydrogen (secondary N) is 1. The Labute approximate surface area is 96.9 Å². The maximum atomic E-state index is 11.4. The fourth-order valence-corrected chi connectivity index (χ4v) is 1.14. The van der Waals surface area contributed by atoms with Crippen molar-refractivity contribution in [2.24, 2.45) is 0 Å². The van der Waals surface area contributed by atoms with Crippen LogP contribution >= 0.6 is 0 Å². The summed E-state index contributed by atoms with van der Waals surface area (Å²) in [5, 5.41) is 11.1. The van der Waals surface area contributed by atoms with Gasteiger partial charge in [0.25, 0.3) is 5.56 Å². The van der Waals surface area contributed by atoms with Crippen molar-refractivity contribution >= 4 is 11.9 Å². The zero-order valence-electron chi connectivity index (χ0n) is 8.84. The molecular weight excluding hydrogens is 224 g/mol. The first-order chi connectivity index (χ1) is 8.04. The van der Waals surface area contributed by atoms with E-state index in [-0.39, 0.29) is 18.7 Å². The second-order valence-corrected chi connectivity index (χ2v) is 3.17. The Morgan fingerprint density at radius 1 is 1.47 bits per heavy atom. The molecule has 6 heteroatoms. The molecule has 0 saturated heterocycles. The van der Waals surface area contributed by atoms with Gasteiger partial charge in [-0.2, -0.15) is 0 Å². The van der Waals surface area contributed by atoms with Gasteiger partial charge in [0.05, 0.1) is 12.1 Å². The van der Waals surface area contributed by atoms with E-state index in [0.29, 0.717) is 0 Å². The lowest BCUT2D eigenvalue weighted by molar-refractivity contribution is -0.121. The average molecular weight is 234 g/mol. The minimum absolute atomic E-state index is 0.0608. The van der Waals surface area contributed by atoms with Crippen molar-refractivity contribution in [1.82, 2.24) is 9.88 Å². The molecule has 0 spiro atoms. The van der Waals surface area contributed by atoms with Gasteiger partial charge in [-0.15, -0.1) is 6.42 Å². The van der Waals surface area contributed by atoms with Crippen molar-refractivity contribution in [3.05, 3.63) is 34.2 Å². The number of nitrogens with zero attached hydrogens (tertiary/aromatic N) is 1. The van der Waals surface area contributed by atoms with Crippen LogP contribution in [0.15, 0.2) is 23.1 Å². The highest BCUT2D eigenvalue weighted by Crippen LogP contribution is 1.95. The van der Waals surface area contributed by atoms with Crippen LogP contribution < -0.4 is 10.9 Å². The summed E-state index contributed by atoms with van der Waals surface area (Å²) in [4.78, 5) is 33.3. The van der Waals surface area contributed by atoms with Crippen molar-refractivity contribution < 1.29 is 14.7 Å². The third-order valence-electron chi connectivity index (χ3n) is 1.93. The number of aromatic carboxylic acids is 1. The zero-order valence-corrected chi connectivity index (χ0v) is 8.84. The number of pyridine rings is 1. The maximum absolute atomic E-state index is 11.4. The standard InChI is InChI=1S/C11H10N2O4/c1-2-5-12-9(14)7-13-6-8(11(16)17)3-4-10(13)15/h1,3-4,6H,5,7H2,(H,12,14)(H,16,17). The van der Waals surface area contributed by atoms with E-state index in [1.165, 1.54) is 6.07 Å². The Bertz CT molecular complexity index is 539. The lowest BCUT2D eigenvalue weighted by atomic mass is 10.3. The molecule has 0 bridgehead atoms. The number of carbonyl (C=O) groups is 2. The fraction of sp³-hybridized carbons (Fsp3) is 0.182. The highest BCUT2D eigenvalue weighted by atomic mass is 16.4. The van der Waals surface area contributed by atoms with E-state index >= 15 is 0 Å². The Kier molecular flexibility index (Phi) is 4.06. The first-order valence-corrected chi connectivity index (χ1v) is 4.68. The summed E-state index contributed by atoms with van der Waals surface area (Å²) in [6, 6.07) is 2.28. The molecule has 0 fully saturated rings. The molecule has 1 aromatic heterocycles. The lowest BCUT2D eigenvalue weighted by Gasteiger charge is -2.05. The van der Waals surface area contributed by atoms with E-state index < -0.39 is 17.4 Å². The average Bonchev–Trinajstić information content (AvgIpc) is 2.29. The van der Waals surface area contributed by atoms with Crippen LogP contribution in [-0.4, -0.2) is 28.1 Å². The van der Waals surface area contributed by atoms with Crippen LogP contribution in [0.4, 0.5) is 0 Å². The third kappa shape index (κ3) is 3.50. The number of amides is 1. The molecular formula is C11H10N2O4. The van der Waals surface area contributed by atoms with Gasteiger partial charge in [-0.3, -0.25) is 9.59 Å². The summed E-state index contributed by atoms with van der Waals surface area (Å²) < 4.78 is 1.01. The van der Waals surface area contributed by atoms with Gasteiger partial charge in [-0.25, -0.2) is 4.79 Å². The molecule has 0 aromatic carbocycles. The molecule has 0 atom stereocenters. The number of aromatic nitrogens is 1.